The summed E-state index contributed by atoms with van der Waals surface area (Å²) in [5.41, 5.74) is 6.28. The van der Waals surface area contributed by atoms with E-state index in [2.05, 4.69) is 10.3 Å². The lowest BCUT2D eigenvalue weighted by molar-refractivity contribution is -0.120. The molecule has 0 aliphatic heterocycles. The molecule has 2 aromatic rings. The number of fused-ring (bicyclic) bond motifs is 1. The third-order valence-corrected chi connectivity index (χ3v) is 3.36. The minimum Gasteiger partial charge on any atom is -0.318 e. The molecule has 1 amide bonds. The van der Waals surface area contributed by atoms with Crippen LogP contribution in [-0.4, -0.2) is 21.0 Å². The number of aromatic nitrogens is 2. The molecule has 0 fully saturated rings. The number of carbonyl (C=O) groups excluding carboxylic acids is 1. The number of carbonyl (C=O) groups is 1. The number of rotatable bonds is 4. The van der Waals surface area contributed by atoms with E-state index < -0.39 is 5.54 Å². The largest absolute Gasteiger partial charge is 0.318 e. The molecular formula is C14H19FN4O. The lowest BCUT2D eigenvalue weighted by atomic mass is 9.97. The van der Waals surface area contributed by atoms with Gasteiger partial charge in [0.25, 0.3) is 0 Å². The molecule has 0 aliphatic carbocycles. The Hall–Kier alpha value is -1.95. The molecule has 20 heavy (non-hydrogen) atoms. The smallest absolute Gasteiger partial charge is 0.246 e. The number of amides is 1. The maximum Gasteiger partial charge on any atom is 0.246 e. The Bertz CT molecular complexity index is 648. The summed E-state index contributed by atoms with van der Waals surface area (Å²) in [5, 5.41) is 2.71. The van der Waals surface area contributed by atoms with Crippen molar-refractivity contribution in [3.8, 4) is 0 Å². The lowest BCUT2D eigenvalue weighted by Gasteiger charge is -2.22. The molecular weight excluding hydrogens is 259 g/mol. The van der Waals surface area contributed by atoms with Gasteiger partial charge in [0.2, 0.25) is 11.9 Å². The molecule has 1 unspecified atom stereocenters. The second-order valence-electron chi connectivity index (χ2n) is 5.25. The highest BCUT2D eigenvalue weighted by atomic mass is 19.1. The van der Waals surface area contributed by atoms with Crippen LogP contribution in [0.4, 0.5) is 10.3 Å². The third-order valence-electron chi connectivity index (χ3n) is 3.36. The molecule has 0 saturated carbocycles. The first-order chi connectivity index (χ1) is 9.35. The van der Waals surface area contributed by atoms with Gasteiger partial charge in [-0.25, -0.2) is 9.37 Å². The number of nitrogens with two attached hydrogens (primary N) is 1. The zero-order chi connectivity index (χ0) is 14.9. The SMILES string of the molecule is CCCC(C)(N)C(=O)Nc1nc2cc(F)ccc2n1C. The standard InChI is InChI=1S/C14H19FN4O/c1-4-7-14(2,16)12(20)18-13-17-10-8-9(15)5-6-11(10)19(13)3/h5-6,8H,4,7,16H2,1-3H3,(H,17,18,20). The summed E-state index contributed by atoms with van der Waals surface area (Å²) in [6, 6.07) is 4.32. The van der Waals surface area contributed by atoms with Crippen LogP contribution in [0.1, 0.15) is 26.7 Å². The number of aryl methyl sites for hydroxylation is 1. The predicted octanol–water partition coefficient (Wildman–Crippen LogP) is 2.17. The summed E-state index contributed by atoms with van der Waals surface area (Å²) in [7, 11) is 1.76. The van der Waals surface area contributed by atoms with Gasteiger partial charge in [0.05, 0.1) is 16.6 Å². The van der Waals surface area contributed by atoms with Crippen LogP contribution in [0.15, 0.2) is 18.2 Å². The van der Waals surface area contributed by atoms with Crippen LogP contribution >= 0.6 is 0 Å². The Kier molecular flexibility index (Phi) is 3.76. The number of imidazole rings is 1. The number of hydrogen-bond acceptors (Lipinski definition) is 3. The van der Waals surface area contributed by atoms with Gasteiger partial charge in [0, 0.05) is 13.1 Å². The first-order valence-corrected chi connectivity index (χ1v) is 6.57. The van der Waals surface area contributed by atoms with E-state index in [-0.39, 0.29) is 11.7 Å². The molecule has 0 spiro atoms. The maximum atomic E-state index is 13.2. The van der Waals surface area contributed by atoms with Crippen LogP contribution in [0.3, 0.4) is 0 Å². The Morgan fingerprint density at radius 3 is 2.90 bits per heavy atom. The number of benzene rings is 1. The maximum absolute atomic E-state index is 13.2. The van der Waals surface area contributed by atoms with Crippen LogP contribution in [0, 0.1) is 5.82 Å². The molecule has 0 bridgehead atoms. The fourth-order valence-corrected chi connectivity index (χ4v) is 2.16. The summed E-state index contributed by atoms with van der Waals surface area (Å²) in [5.74, 6) is -0.287. The Labute approximate surface area is 117 Å². The van der Waals surface area contributed by atoms with Crippen LogP contribution in [0.2, 0.25) is 0 Å². The summed E-state index contributed by atoms with van der Waals surface area (Å²) < 4.78 is 14.9. The zero-order valence-electron chi connectivity index (χ0n) is 11.9. The van der Waals surface area contributed by atoms with Gasteiger partial charge in [-0.3, -0.25) is 10.1 Å². The highest BCUT2D eigenvalue weighted by Crippen LogP contribution is 2.20. The molecule has 3 N–H and O–H groups in total. The van der Waals surface area contributed by atoms with Crippen LogP contribution in [0.5, 0.6) is 0 Å². The Morgan fingerprint density at radius 2 is 2.25 bits per heavy atom. The molecule has 1 atom stereocenters. The van der Waals surface area contributed by atoms with Gasteiger partial charge in [-0.05, 0) is 25.5 Å². The molecule has 2 rings (SSSR count). The second-order valence-corrected chi connectivity index (χ2v) is 5.25. The van der Waals surface area contributed by atoms with Gasteiger partial charge in [0.1, 0.15) is 5.82 Å². The van der Waals surface area contributed by atoms with E-state index >= 15 is 0 Å². The van der Waals surface area contributed by atoms with Crippen LogP contribution in [0.25, 0.3) is 11.0 Å². The molecule has 1 aromatic heterocycles. The first-order valence-electron chi connectivity index (χ1n) is 6.57. The molecule has 1 aromatic carbocycles. The minimum atomic E-state index is -0.946. The van der Waals surface area contributed by atoms with Gasteiger partial charge in [-0.15, -0.1) is 0 Å². The van der Waals surface area contributed by atoms with Crippen molar-refractivity contribution in [3.05, 3.63) is 24.0 Å². The molecule has 6 heteroatoms. The molecule has 5 nitrogen and oxygen atoms in total. The van der Waals surface area contributed by atoms with E-state index in [1.165, 1.54) is 12.1 Å². The molecule has 108 valence electrons. The van der Waals surface area contributed by atoms with Crippen molar-refractivity contribution in [1.29, 1.82) is 0 Å². The van der Waals surface area contributed by atoms with Crippen molar-refractivity contribution in [3.63, 3.8) is 0 Å². The number of halogens is 1. The molecule has 0 radical (unpaired) electrons. The van der Waals surface area contributed by atoms with Crippen LogP contribution < -0.4 is 11.1 Å². The van der Waals surface area contributed by atoms with Gasteiger partial charge >= 0.3 is 0 Å². The minimum absolute atomic E-state index is 0.293. The number of nitrogens with zero attached hydrogens (tertiary/aromatic N) is 2. The van der Waals surface area contributed by atoms with E-state index in [9.17, 15) is 9.18 Å². The summed E-state index contributed by atoms with van der Waals surface area (Å²) >= 11 is 0. The van der Waals surface area contributed by atoms with E-state index in [1.54, 1.807) is 24.6 Å². The average Bonchev–Trinajstić information content (AvgIpc) is 2.65. The van der Waals surface area contributed by atoms with Gasteiger partial charge in [-0.2, -0.15) is 0 Å². The monoisotopic (exact) mass is 278 g/mol. The number of hydrogen-bond donors (Lipinski definition) is 2. The van der Waals surface area contributed by atoms with E-state index in [1.807, 2.05) is 6.92 Å². The number of anilines is 1. The highest BCUT2D eigenvalue weighted by molar-refractivity contribution is 5.97. The zero-order valence-corrected chi connectivity index (χ0v) is 11.9. The molecule has 0 saturated heterocycles. The topological polar surface area (TPSA) is 72.9 Å². The predicted molar refractivity (Wildman–Crippen MR) is 76.8 cm³/mol. The first kappa shape index (κ1) is 14.5. The van der Waals surface area contributed by atoms with Crippen molar-refractivity contribution in [2.45, 2.75) is 32.2 Å². The van der Waals surface area contributed by atoms with Crippen molar-refractivity contribution >= 4 is 22.9 Å². The van der Waals surface area contributed by atoms with Crippen molar-refractivity contribution in [1.82, 2.24) is 9.55 Å². The lowest BCUT2D eigenvalue weighted by Crippen LogP contribution is -2.48. The summed E-state index contributed by atoms with van der Waals surface area (Å²) in [6.07, 6.45) is 1.39. The van der Waals surface area contributed by atoms with Crippen LogP contribution in [-0.2, 0) is 11.8 Å². The van der Waals surface area contributed by atoms with Crippen molar-refractivity contribution in [2.75, 3.05) is 5.32 Å². The van der Waals surface area contributed by atoms with Crippen molar-refractivity contribution < 1.29 is 9.18 Å². The average molecular weight is 278 g/mol. The second kappa shape index (κ2) is 5.20. The van der Waals surface area contributed by atoms with E-state index in [0.29, 0.717) is 17.9 Å². The van der Waals surface area contributed by atoms with Crippen molar-refractivity contribution in [2.24, 2.45) is 12.8 Å². The normalized spacial score (nSPS) is 14.2. The summed E-state index contributed by atoms with van der Waals surface area (Å²) in [6.45, 7) is 3.66. The highest BCUT2D eigenvalue weighted by Gasteiger charge is 2.28. The van der Waals surface area contributed by atoms with Gasteiger partial charge in [0.15, 0.2) is 0 Å². The fourth-order valence-electron chi connectivity index (χ4n) is 2.16. The van der Waals surface area contributed by atoms with E-state index in [0.717, 1.165) is 11.9 Å². The van der Waals surface area contributed by atoms with Gasteiger partial charge in [-0.1, -0.05) is 13.3 Å². The fraction of sp³-hybridized carbons (Fsp3) is 0.429. The van der Waals surface area contributed by atoms with E-state index in [4.69, 9.17) is 5.73 Å². The van der Waals surface area contributed by atoms with Gasteiger partial charge < -0.3 is 10.3 Å². The molecule has 0 aliphatic rings. The number of nitrogens with one attached hydrogen (secondary N) is 1. The quantitative estimate of drug-likeness (QED) is 0.900. The summed E-state index contributed by atoms with van der Waals surface area (Å²) in [4.78, 5) is 16.4. The Morgan fingerprint density at radius 1 is 1.55 bits per heavy atom. The molecule has 1 heterocycles. The third kappa shape index (κ3) is 2.65. The Balaban J connectivity index is 2.30.